The lowest BCUT2D eigenvalue weighted by Gasteiger charge is -2.04. The van der Waals surface area contributed by atoms with Crippen LogP contribution in [-0.2, 0) is 0 Å². The number of nitrogens with one attached hydrogen (secondary N) is 1. The fraction of sp³-hybridized carbons (Fsp3) is 0. The second-order valence-corrected chi connectivity index (χ2v) is 4.74. The van der Waals surface area contributed by atoms with E-state index >= 15 is 0 Å². The minimum absolute atomic E-state index is 0.0843. The predicted molar refractivity (Wildman–Crippen MR) is 85.5 cm³/mol. The summed E-state index contributed by atoms with van der Waals surface area (Å²) in [4.78, 5) is 8.05. The standard InChI is InChI=1S/C15H12FN7/c16-10-3-1-8-6-21-15(19)13(11(8)5-10)23-22-12-4-2-9(7-20-12)14(17)18/h1-7H,(H3,17,18)(H2,19,21)/b23-22+. The number of hydrogen-bond donors (Lipinski definition) is 3. The molecule has 2 heterocycles. The Balaban J connectivity index is 2.01. The number of halogens is 1. The van der Waals surface area contributed by atoms with Crippen LogP contribution >= 0.6 is 0 Å². The van der Waals surface area contributed by atoms with Crippen molar-refractivity contribution in [3.8, 4) is 0 Å². The van der Waals surface area contributed by atoms with Crippen LogP contribution in [0.1, 0.15) is 5.56 Å². The lowest BCUT2D eigenvalue weighted by Crippen LogP contribution is -2.10. The van der Waals surface area contributed by atoms with Crippen LogP contribution in [0.15, 0.2) is 53.0 Å². The van der Waals surface area contributed by atoms with Gasteiger partial charge in [0.1, 0.15) is 17.3 Å². The number of nitrogens with two attached hydrogens (primary N) is 2. The van der Waals surface area contributed by atoms with Crippen molar-refractivity contribution in [2.75, 3.05) is 5.73 Å². The highest BCUT2D eigenvalue weighted by Gasteiger charge is 2.08. The SMILES string of the molecule is N=C(N)c1ccc(/N=N/c2c(N)ncc3ccc(F)cc23)nc1. The molecule has 0 aliphatic heterocycles. The molecule has 0 amide bonds. The summed E-state index contributed by atoms with van der Waals surface area (Å²) in [5.74, 6) is -0.0301. The third kappa shape index (κ3) is 2.95. The van der Waals surface area contributed by atoms with Gasteiger partial charge in [0, 0.05) is 28.7 Å². The van der Waals surface area contributed by atoms with E-state index in [-0.39, 0.29) is 17.3 Å². The van der Waals surface area contributed by atoms with Crippen molar-refractivity contribution < 1.29 is 4.39 Å². The molecule has 23 heavy (non-hydrogen) atoms. The minimum atomic E-state index is -0.400. The first-order valence-corrected chi connectivity index (χ1v) is 6.60. The van der Waals surface area contributed by atoms with E-state index in [1.54, 1.807) is 24.4 Å². The number of pyridine rings is 2. The summed E-state index contributed by atoms with van der Waals surface area (Å²) in [6.45, 7) is 0. The van der Waals surface area contributed by atoms with Crippen molar-refractivity contribution in [2.24, 2.45) is 16.0 Å². The summed E-state index contributed by atoms with van der Waals surface area (Å²) in [5.41, 5.74) is 11.9. The summed E-state index contributed by atoms with van der Waals surface area (Å²) >= 11 is 0. The lowest BCUT2D eigenvalue weighted by atomic mass is 10.1. The molecule has 114 valence electrons. The number of nitrogen functional groups attached to an aromatic ring is 2. The van der Waals surface area contributed by atoms with Gasteiger partial charge in [0.25, 0.3) is 0 Å². The highest BCUT2D eigenvalue weighted by molar-refractivity contribution is 5.96. The molecule has 7 nitrogen and oxygen atoms in total. The average molecular weight is 309 g/mol. The number of aromatic nitrogens is 2. The number of nitrogens with zero attached hydrogens (tertiary/aromatic N) is 4. The van der Waals surface area contributed by atoms with Gasteiger partial charge in [0.15, 0.2) is 11.6 Å². The molecular formula is C15H12FN7. The largest absolute Gasteiger partial charge is 0.384 e. The fourth-order valence-corrected chi connectivity index (χ4v) is 2.00. The van der Waals surface area contributed by atoms with E-state index in [0.29, 0.717) is 22.2 Å². The minimum Gasteiger partial charge on any atom is -0.384 e. The first kappa shape index (κ1) is 14.5. The normalized spacial score (nSPS) is 11.2. The van der Waals surface area contributed by atoms with Gasteiger partial charge in [-0.1, -0.05) is 0 Å². The number of amidine groups is 1. The maximum atomic E-state index is 13.5. The zero-order valence-corrected chi connectivity index (χ0v) is 11.9. The van der Waals surface area contributed by atoms with Crippen LogP contribution in [0.5, 0.6) is 0 Å². The number of benzene rings is 1. The van der Waals surface area contributed by atoms with Crippen LogP contribution in [0.2, 0.25) is 0 Å². The van der Waals surface area contributed by atoms with Crippen molar-refractivity contribution >= 4 is 33.9 Å². The highest BCUT2D eigenvalue weighted by atomic mass is 19.1. The Morgan fingerprint density at radius 3 is 2.61 bits per heavy atom. The van der Waals surface area contributed by atoms with Gasteiger partial charge in [-0.15, -0.1) is 10.2 Å². The molecule has 0 aliphatic rings. The number of anilines is 1. The van der Waals surface area contributed by atoms with Gasteiger partial charge in [-0.3, -0.25) is 5.41 Å². The number of fused-ring (bicyclic) bond motifs is 1. The molecule has 0 spiro atoms. The zero-order chi connectivity index (χ0) is 16.4. The molecule has 0 saturated heterocycles. The smallest absolute Gasteiger partial charge is 0.174 e. The highest BCUT2D eigenvalue weighted by Crippen LogP contribution is 2.31. The molecule has 5 N–H and O–H groups in total. The maximum absolute atomic E-state index is 13.5. The summed E-state index contributed by atoms with van der Waals surface area (Å²) in [6, 6.07) is 7.43. The van der Waals surface area contributed by atoms with E-state index in [0.717, 1.165) is 0 Å². The van der Waals surface area contributed by atoms with E-state index in [1.165, 1.54) is 18.3 Å². The number of rotatable bonds is 3. The van der Waals surface area contributed by atoms with Crippen molar-refractivity contribution in [2.45, 2.75) is 0 Å². The van der Waals surface area contributed by atoms with E-state index in [4.69, 9.17) is 16.9 Å². The molecule has 0 bridgehead atoms. The first-order chi connectivity index (χ1) is 11.0. The molecule has 0 fully saturated rings. The Bertz CT molecular complexity index is 914. The number of hydrogen-bond acceptors (Lipinski definition) is 6. The third-order valence-electron chi connectivity index (χ3n) is 3.17. The molecule has 0 saturated carbocycles. The van der Waals surface area contributed by atoms with E-state index in [2.05, 4.69) is 20.2 Å². The predicted octanol–water partition coefficient (Wildman–Crippen LogP) is 3.05. The van der Waals surface area contributed by atoms with Gasteiger partial charge in [-0.25, -0.2) is 14.4 Å². The van der Waals surface area contributed by atoms with E-state index < -0.39 is 5.82 Å². The maximum Gasteiger partial charge on any atom is 0.174 e. The van der Waals surface area contributed by atoms with Gasteiger partial charge < -0.3 is 11.5 Å². The van der Waals surface area contributed by atoms with Crippen molar-refractivity contribution in [3.05, 3.63) is 54.1 Å². The monoisotopic (exact) mass is 309 g/mol. The zero-order valence-electron chi connectivity index (χ0n) is 11.9. The van der Waals surface area contributed by atoms with Crippen molar-refractivity contribution in [3.63, 3.8) is 0 Å². The molecule has 3 aromatic rings. The van der Waals surface area contributed by atoms with Crippen LogP contribution in [0.25, 0.3) is 10.8 Å². The topological polar surface area (TPSA) is 126 Å². The molecule has 0 atom stereocenters. The first-order valence-electron chi connectivity index (χ1n) is 6.60. The Hall–Kier alpha value is -3.42. The van der Waals surface area contributed by atoms with Crippen LogP contribution in [-0.4, -0.2) is 15.8 Å². The molecule has 3 rings (SSSR count). The van der Waals surface area contributed by atoms with Crippen molar-refractivity contribution in [1.82, 2.24) is 9.97 Å². The van der Waals surface area contributed by atoms with Crippen molar-refractivity contribution in [1.29, 1.82) is 5.41 Å². The van der Waals surface area contributed by atoms with Gasteiger partial charge in [-0.05, 0) is 30.3 Å². The van der Waals surface area contributed by atoms with Crippen LogP contribution in [0.4, 0.5) is 21.7 Å². The number of azo groups is 1. The van der Waals surface area contributed by atoms with E-state index in [9.17, 15) is 4.39 Å². The van der Waals surface area contributed by atoms with Gasteiger partial charge in [0.05, 0.1) is 0 Å². The van der Waals surface area contributed by atoms with Gasteiger partial charge >= 0.3 is 0 Å². The molecule has 0 unspecified atom stereocenters. The van der Waals surface area contributed by atoms with Crippen LogP contribution < -0.4 is 11.5 Å². The van der Waals surface area contributed by atoms with Crippen LogP contribution in [0, 0.1) is 11.2 Å². The Morgan fingerprint density at radius 1 is 1.09 bits per heavy atom. The second kappa shape index (κ2) is 5.76. The van der Waals surface area contributed by atoms with Gasteiger partial charge in [0.2, 0.25) is 0 Å². The molecule has 0 aliphatic carbocycles. The molecule has 1 aromatic carbocycles. The van der Waals surface area contributed by atoms with E-state index in [1.807, 2.05) is 0 Å². The molecule has 2 aromatic heterocycles. The Labute approximate surface area is 130 Å². The van der Waals surface area contributed by atoms with Gasteiger partial charge in [-0.2, -0.15) is 0 Å². The lowest BCUT2D eigenvalue weighted by molar-refractivity contribution is 0.630. The quantitative estimate of drug-likeness (QED) is 0.390. The molecule has 8 heteroatoms. The molecular weight excluding hydrogens is 297 g/mol. The summed E-state index contributed by atoms with van der Waals surface area (Å²) in [5, 5.41) is 16.5. The Kier molecular flexibility index (Phi) is 3.63. The third-order valence-corrected chi connectivity index (χ3v) is 3.17. The summed E-state index contributed by atoms with van der Waals surface area (Å²) < 4.78 is 13.5. The average Bonchev–Trinajstić information content (AvgIpc) is 2.54. The summed E-state index contributed by atoms with van der Waals surface area (Å²) in [6.07, 6.45) is 2.96. The molecule has 0 radical (unpaired) electrons. The second-order valence-electron chi connectivity index (χ2n) is 4.74. The summed E-state index contributed by atoms with van der Waals surface area (Å²) in [7, 11) is 0. The van der Waals surface area contributed by atoms with Crippen LogP contribution in [0.3, 0.4) is 0 Å². The fourth-order valence-electron chi connectivity index (χ4n) is 2.00. The Morgan fingerprint density at radius 2 is 1.91 bits per heavy atom.